The van der Waals surface area contributed by atoms with Crippen LogP contribution in [0.2, 0.25) is 0 Å². The molecule has 1 heterocycles. The van der Waals surface area contributed by atoms with E-state index in [1.165, 1.54) is 12.8 Å². The first-order valence-electron chi connectivity index (χ1n) is 5.10. The number of nitrogens with two attached hydrogens (primary N) is 1. The van der Waals surface area contributed by atoms with Gasteiger partial charge in [0, 0.05) is 10.5 Å². The summed E-state index contributed by atoms with van der Waals surface area (Å²) in [5.74, 6) is 2.25. The summed E-state index contributed by atoms with van der Waals surface area (Å²) in [7, 11) is 0. The maximum absolute atomic E-state index is 6.17. The predicted molar refractivity (Wildman–Crippen MR) is 59.9 cm³/mol. The van der Waals surface area contributed by atoms with Crippen LogP contribution < -0.4 is 15.2 Å². The molecule has 4 heteroatoms. The fraction of sp³-hybridized carbons (Fsp3) is 0.455. The third kappa shape index (κ3) is 1.62. The van der Waals surface area contributed by atoms with Gasteiger partial charge in [0.1, 0.15) is 0 Å². The number of halogens is 1. The number of rotatable bonds is 2. The SMILES string of the molecule is N[C@H](c1cc2c(cc1Br)OCO2)C1CC1. The fourth-order valence-electron chi connectivity index (χ4n) is 1.90. The molecule has 0 unspecified atom stereocenters. The lowest BCUT2D eigenvalue weighted by Crippen LogP contribution is -2.12. The van der Waals surface area contributed by atoms with E-state index in [2.05, 4.69) is 15.9 Å². The molecule has 0 bridgehead atoms. The van der Waals surface area contributed by atoms with Gasteiger partial charge in [-0.1, -0.05) is 15.9 Å². The van der Waals surface area contributed by atoms with Crippen molar-refractivity contribution in [3.63, 3.8) is 0 Å². The van der Waals surface area contributed by atoms with Crippen LogP contribution in [0.3, 0.4) is 0 Å². The minimum Gasteiger partial charge on any atom is -0.454 e. The van der Waals surface area contributed by atoms with Gasteiger partial charge in [-0.3, -0.25) is 0 Å². The average molecular weight is 270 g/mol. The Bertz CT molecular complexity index is 404. The monoisotopic (exact) mass is 269 g/mol. The van der Waals surface area contributed by atoms with Gasteiger partial charge in [-0.05, 0) is 36.5 Å². The smallest absolute Gasteiger partial charge is 0.231 e. The minimum absolute atomic E-state index is 0.119. The highest BCUT2D eigenvalue weighted by Crippen LogP contribution is 2.45. The van der Waals surface area contributed by atoms with Crippen LogP contribution in [-0.2, 0) is 0 Å². The molecule has 1 aliphatic carbocycles. The maximum atomic E-state index is 6.17. The zero-order chi connectivity index (χ0) is 10.4. The molecule has 1 saturated carbocycles. The third-order valence-corrected chi connectivity index (χ3v) is 3.67. The maximum Gasteiger partial charge on any atom is 0.231 e. The number of ether oxygens (including phenoxy) is 2. The molecule has 1 aromatic rings. The molecule has 1 fully saturated rings. The molecule has 0 amide bonds. The van der Waals surface area contributed by atoms with Crippen LogP contribution in [0, 0.1) is 5.92 Å². The van der Waals surface area contributed by atoms with E-state index < -0.39 is 0 Å². The first-order chi connectivity index (χ1) is 7.25. The first-order valence-corrected chi connectivity index (χ1v) is 5.89. The number of hydrogen-bond donors (Lipinski definition) is 1. The van der Waals surface area contributed by atoms with E-state index in [1.54, 1.807) is 0 Å². The molecule has 1 atom stereocenters. The summed E-state index contributed by atoms with van der Waals surface area (Å²) in [6.07, 6.45) is 2.48. The topological polar surface area (TPSA) is 44.5 Å². The molecule has 3 rings (SSSR count). The largest absolute Gasteiger partial charge is 0.454 e. The van der Waals surface area contributed by atoms with Crippen LogP contribution in [-0.4, -0.2) is 6.79 Å². The van der Waals surface area contributed by atoms with Crippen molar-refractivity contribution in [2.24, 2.45) is 11.7 Å². The molecule has 0 saturated heterocycles. The number of hydrogen-bond acceptors (Lipinski definition) is 3. The molecular formula is C11H12BrNO2. The molecule has 2 N–H and O–H groups in total. The first kappa shape index (κ1) is 9.48. The predicted octanol–water partition coefficient (Wildman–Crippen LogP) is 2.59. The summed E-state index contributed by atoms with van der Waals surface area (Å²) in [5.41, 5.74) is 7.30. The van der Waals surface area contributed by atoms with Crippen LogP contribution >= 0.6 is 15.9 Å². The summed E-state index contributed by atoms with van der Waals surface area (Å²) in [4.78, 5) is 0. The zero-order valence-electron chi connectivity index (χ0n) is 8.20. The Morgan fingerprint density at radius 3 is 2.60 bits per heavy atom. The Labute approximate surface area is 96.7 Å². The van der Waals surface area contributed by atoms with E-state index in [0.717, 1.165) is 21.5 Å². The van der Waals surface area contributed by atoms with Gasteiger partial charge < -0.3 is 15.2 Å². The van der Waals surface area contributed by atoms with Crippen molar-refractivity contribution in [1.82, 2.24) is 0 Å². The van der Waals surface area contributed by atoms with Crippen LogP contribution in [0.1, 0.15) is 24.4 Å². The van der Waals surface area contributed by atoms with Crippen molar-refractivity contribution < 1.29 is 9.47 Å². The Kier molecular flexibility index (Phi) is 2.14. The Morgan fingerprint density at radius 2 is 1.93 bits per heavy atom. The molecule has 0 radical (unpaired) electrons. The van der Waals surface area contributed by atoms with Gasteiger partial charge in [0.25, 0.3) is 0 Å². The second-order valence-corrected chi connectivity index (χ2v) is 4.94. The third-order valence-electron chi connectivity index (χ3n) is 2.98. The summed E-state index contributed by atoms with van der Waals surface area (Å²) in [6.45, 7) is 0.309. The van der Waals surface area contributed by atoms with E-state index >= 15 is 0 Å². The van der Waals surface area contributed by atoms with Crippen LogP contribution in [0.15, 0.2) is 16.6 Å². The second kappa shape index (κ2) is 3.39. The summed E-state index contributed by atoms with van der Waals surface area (Å²) in [6, 6.07) is 4.06. The lowest BCUT2D eigenvalue weighted by Gasteiger charge is -2.13. The highest BCUT2D eigenvalue weighted by atomic mass is 79.9. The van der Waals surface area contributed by atoms with Crippen LogP contribution in [0.25, 0.3) is 0 Å². The van der Waals surface area contributed by atoms with Gasteiger partial charge in [0.15, 0.2) is 11.5 Å². The average Bonchev–Trinajstić information content (AvgIpc) is 2.97. The fourth-order valence-corrected chi connectivity index (χ4v) is 2.48. The standard InChI is InChI=1S/C11H12BrNO2/c12-8-4-10-9(14-5-15-10)3-7(8)11(13)6-1-2-6/h3-4,6,11H,1-2,5,13H2/t11-/m0/s1. The van der Waals surface area contributed by atoms with Crippen molar-refractivity contribution in [1.29, 1.82) is 0 Å². The minimum atomic E-state index is 0.119. The molecule has 1 aliphatic heterocycles. The van der Waals surface area contributed by atoms with Gasteiger partial charge in [-0.25, -0.2) is 0 Å². The summed E-state index contributed by atoms with van der Waals surface area (Å²) >= 11 is 3.53. The Balaban J connectivity index is 1.99. The van der Waals surface area contributed by atoms with Gasteiger partial charge >= 0.3 is 0 Å². The van der Waals surface area contributed by atoms with Gasteiger partial charge in [0.05, 0.1) is 0 Å². The van der Waals surface area contributed by atoms with E-state index in [0.29, 0.717) is 12.7 Å². The molecular weight excluding hydrogens is 258 g/mol. The van der Waals surface area contributed by atoms with Crippen molar-refractivity contribution in [3.05, 3.63) is 22.2 Å². The Hall–Kier alpha value is -0.740. The number of fused-ring (bicyclic) bond motifs is 1. The van der Waals surface area contributed by atoms with E-state index in [-0.39, 0.29) is 6.04 Å². The van der Waals surface area contributed by atoms with Crippen molar-refractivity contribution >= 4 is 15.9 Å². The van der Waals surface area contributed by atoms with E-state index in [4.69, 9.17) is 15.2 Å². The molecule has 1 aromatic carbocycles. The second-order valence-electron chi connectivity index (χ2n) is 4.09. The highest BCUT2D eigenvalue weighted by Gasteiger charge is 2.31. The lowest BCUT2D eigenvalue weighted by molar-refractivity contribution is 0.174. The van der Waals surface area contributed by atoms with Crippen molar-refractivity contribution in [2.45, 2.75) is 18.9 Å². The van der Waals surface area contributed by atoms with Gasteiger partial charge in [0.2, 0.25) is 6.79 Å². The molecule has 80 valence electrons. The van der Waals surface area contributed by atoms with Crippen LogP contribution in [0.5, 0.6) is 11.5 Å². The lowest BCUT2D eigenvalue weighted by atomic mass is 10.0. The van der Waals surface area contributed by atoms with Gasteiger partial charge in [-0.15, -0.1) is 0 Å². The highest BCUT2D eigenvalue weighted by molar-refractivity contribution is 9.10. The van der Waals surface area contributed by atoms with E-state index in [9.17, 15) is 0 Å². The Morgan fingerprint density at radius 1 is 1.27 bits per heavy atom. The molecule has 15 heavy (non-hydrogen) atoms. The summed E-state index contributed by atoms with van der Waals surface area (Å²) in [5, 5.41) is 0. The molecule has 2 aliphatic rings. The van der Waals surface area contributed by atoms with E-state index in [1.807, 2.05) is 12.1 Å². The van der Waals surface area contributed by atoms with Gasteiger partial charge in [-0.2, -0.15) is 0 Å². The normalized spacial score (nSPS) is 20.4. The molecule has 3 nitrogen and oxygen atoms in total. The van der Waals surface area contributed by atoms with Crippen molar-refractivity contribution in [2.75, 3.05) is 6.79 Å². The molecule has 0 spiro atoms. The number of benzene rings is 1. The zero-order valence-corrected chi connectivity index (χ0v) is 9.79. The molecule has 0 aromatic heterocycles. The van der Waals surface area contributed by atoms with Crippen LogP contribution in [0.4, 0.5) is 0 Å². The quantitative estimate of drug-likeness (QED) is 0.898. The summed E-state index contributed by atoms with van der Waals surface area (Å²) < 4.78 is 11.7. The van der Waals surface area contributed by atoms with Crippen molar-refractivity contribution in [3.8, 4) is 11.5 Å².